The maximum absolute atomic E-state index is 11.7. The molecule has 0 bridgehead atoms. The highest BCUT2D eigenvalue weighted by molar-refractivity contribution is 5.78. The summed E-state index contributed by atoms with van der Waals surface area (Å²) in [6, 6.07) is 7.47. The molecule has 0 radical (unpaired) electrons. The molecule has 0 fully saturated rings. The lowest BCUT2D eigenvalue weighted by Crippen LogP contribution is -2.41. The number of aliphatic hydroxyl groups is 1. The first-order valence-electron chi connectivity index (χ1n) is 5.60. The van der Waals surface area contributed by atoms with Crippen LogP contribution in [0.5, 0.6) is 0 Å². The molecular formula is C13H19NO3. The van der Waals surface area contributed by atoms with Gasteiger partial charge < -0.3 is 15.2 Å². The zero-order valence-corrected chi connectivity index (χ0v) is 10.3. The number of nitrogens with one attached hydrogen (secondary N) is 1. The van der Waals surface area contributed by atoms with Crippen molar-refractivity contribution in [2.45, 2.75) is 19.4 Å². The van der Waals surface area contributed by atoms with Crippen LogP contribution in [0.4, 0.5) is 0 Å². The fourth-order valence-electron chi connectivity index (χ4n) is 1.51. The van der Waals surface area contributed by atoms with Gasteiger partial charge >= 0.3 is 0 Å². The van der Waals surface area contributed by atoms with Gasteiger partial charge in [0.05, 0.1) is 25.7 Å². The Morgan fingerprint density at radius 3 is 2.59 bits per heavy atom. The van der Waals surface area contributed by atoms with E-state index < -0.39 is 0 Å². The zero-order chi connectivity index (χ0) is 12.7. The molecule has 1 rings (SSSR count). The van der Waals surface area contributed by atoms with Gasteiger partial charge in [-0.1, -0.05) is 29.8 Å². The Kier molecular flexibility index (Phi) is 5.66. The van der Waals surface area contributed by atoms with Gasteiger partial charge in [-0.25, -0.2) is 0 Å². The van der Waals surface area contributed by atoms with E-state index >= 15 is 0 Å². The summed E-state index contributed by atoms with van der Waals surface area (Å²) in [5.74, 6) is -0.107. The van der Waals surface area contributed by atoms with Gasteiger partial charge in [0.25, 0.3) is 0 Å². The molecule has 0 spiro atoms. The number of carbonyl (C=O) groups excluding carboxylic acids is 1. The van der Waals surface area contributed by atoms with E-state index in [9.17, 15) is 4.79 Å². The largest absolute Gasteiger partial charge is 0.394 e. The molecule has 94 valence electrons. The van der Waals surface area contributed by atoms with Gasteiger partial charge in [0.2, 0.25) is 5.91 Å². The first-order valence-corrected chi connectivity index (χ1v) is 5.60. The van der Waals surface area contributed by atoms with Gasteiger partial charge in [-0.3, -0.25) is 4.79 Å². The van der Waals surface area contributed by atoms with Crippen molar-refractivity contribution in [3.8, 4) is 0 Å². The van der Waals surface area contributed by atoms with Crippen LogP contribution in [0.1, 0.15) is 11.1 Å². The number of rotatable bonds is 6. The lowest BCUT2D eigenvalue weighted by molar-refractivity contribution is -0.121. The number of methoxy groups -OCH3 is 1. The second kappa shape index (κ2) is 7.04. The second-order valence-electron chi connectivity index (χ2n) is 4.06. The molecule has 4 heteroatoms. The quantitative estimate of drug-likeness (QED) is 0.764. The minimum atomic E-state index is -0.335. The van der Waals surface area contributed by atoms with Crippen LogP contribution >= 0.6 is 0 Å². The van der Waals surface area contributed by atoms with Gasteiger partial charge in [0.1, 0.15) is 0 Å². The first kappa shape index (κ1) is 13.7. The monoisotopic (exact) mass is 237 g/mol. The van der Waals surface area contributed by atoms with Crippen molar-refractivity contribution in [2.24, 2.45) is 0 Å². The van der Waals surface area contributed by atoms with E-state index in [4.69, 9.17) is 9.84 Å². The van der Waals surface area contributed by atoms with E-state index in [0.717, 1.165) is 5.56 Å². The lowest BCUT2D eigenvalue weighted by Gasteiger charge is -2.15. The van der Waals surface area contributed by atoms with Crippen LogP contribution in [-0.2, 0) is 16.0 Å². The van der Waals surface area contributed by atoms with Crippen LogP contribution in [0.15, 0.2) is 24.3 Å². The van der Waals surface area contributed by atoms with E-state index in [1.54, 1.807) is 0 Å². The summed E-state index contributed by atoms with van der Waals surface area (Å²) in [7, 11) is 1.54. The fourth-order valence-corrected chi connectivity index (χ4v) is 1.51. The van der Waals surface area contributed by atoms with Crippen molar-refractivity contribution in [3.05, 3.63) is 35.4 Å². The Morgan fingerprint density at radius 1 is 1.41 bits per heavy atom. The predicted octanol–water partition coefficient (Wildman–Crippen LogP) is 0.661. The number of benzene rings is 1. The number of hydrogen-bond acceptors (Lipinski definition) is 3. The summed E-state index contributed by atoms with van der Waals surface area (Å²) < 4.78 is 4.89. The van der Waals surface area contributed by atoms with Gasteiger partial charge in [-0.15, -0.1) is 0 Å². The molecule has 17 heavy (non-hydrogen) atoms. The minimum absolute atomic E-state index is 0.107. The van der Waals surface area contributed by atoms with Crippen LogP contribution in [0.3, 0.4) is 0 Å². The number of aliphatic hydroxyl groups excluding tert-OH is 1. The summed E-state index contributed by atoms with van der Waals surface area (Å²) >= 11 is 0. The second-order valence-corrected chi connectivity index (χ2v) is 4.06. The third-order valence-electron chi connectivity index (χ3n) is 2.44. The van der Waals surface area contributed by atoms with Crippen LogP contribution in [0.25, 0.3) is 0 Å². The van der Waals surface area contributed by atoms with Crippen LogP contribution in [-0.4, -0.2) is 37.4 Å². The SMILES string of the molecule is COCC(CO)NC(=O)Cc1ccc(C)cc1. The molecule has 0 aromatic heterocycles. The van der Waals surface area contributed by atoms with Crippen molar-refractivity contribution in [1.29, 1.82) is 0 Å². The van der Waals surface area contributed by atoms with E-state index in [2.05, 4.69) is 5.32 Å². The molecule has 0 heterocycles. The molecule has 0 saturated heterocycles. The molecule has 4 nitrogen and oxygen atoms in total. The van der Waals surface area contributed by atoms with Gasteiger partial charge in [0, 0.05) is 7.11 Å². The van der Waals surface area contributed by atoms with E-state index in [-0.39, 0.29) is 18.6 Å². The Morgan fingerprint density at radius 2 is 2.06 bits per heavy atom. The average molecular weight is 237 g/mol. The van der Waals surface area contributed by atoms with Crippen molar-refractivity contribution in [1.82, 2.24) is 5.32 Å². The third-order valence-corrected chi connectivity index (χ3v) is 2.44. The fraction of sp³-hybridized carbons (Fsp3) is 0.462. The summed E-state index contributed by atoms with van der Waals surface area (Å²) in [6.45, 7) is 2.20. The van der Waals surface area contributed by atoms with Crippen LogP contribution in [0, 0.1) is 6.92 Å². The smallest absolute Gasteiger partial charge is 0.224 e. The predicted molar refractivity (Wildman–Crippen MR) is 65.8 cm³/mol. The van der Waals surface area contributed by atoms with E-state index in [0.29, 0.717) is 13.0 Å². The summed E-state index contributed by atoms with van der Waals surface area (Å²) in [4.78, 5) is 11.7. The molecule has 1 aromatic rings. The molecule has 1 unspecified atom stereocenters. The summed E-state index contributed by atoms with van der Waals surface area (Å²) in [6.07, 6.45) is 0.320. The maximum atomic E-state index is 11.7. The average Bonchev–Trinajstić information content (AvgIpc) is 2.31. The van der Waals surface area contributed by atoms with Crippen molar-refractivity contribution in [3.63, 3.8) is 0 Å². The van der Waals surface area contributed by atoms with Crippen molar-refractivity contribution in [2.75, 3.05) is 20.3 Å². The van der Waals surface area contributed by atoms with Crippen molar-refractivity contribution < 1.29 is 14.6 Å². The van der Waals surface area contributed by atoms with Crippen LogP contribution < -0.4 is 5.32 Å². The Labute approximate surface area is 102 Å². The highest BCUT2D eigenvalue weighted by Gasteiger charge is 2.11. The highest BCUT2D eigenvalue weighted by atomic mass is 16.5. The topological polar surface area (TPSA) is 58.6 Å². The standard InChI is InChI=1S/C13H19NO3/c1-10-3-5-11(6-4-10)7-13(16)14-12(8-15)9-17-2/h3-6,12,15H,7-9H2,1-2H3,(H,14,16). The molecule has 2 N–H and O–H groups in total. The summed E-state index contributed by atoms with van der Waals surface area (Å²) in [5.41, 5.74) is 2.13. The van der Waals surface area contributed by atoms with Gasteiger partial charge in [-0.05, 0) is 12.5 Å². The molecule has 1 atom stereocenters. The molecule has 0 aliphatic carbocycles. The Hall–Kier alpha value is -1.39. The number of hydrogen-bond donors (Lipinski definition) is 2. The first-order chi connectivity index (χ1) is 8.15. The van der Waals surface area contributed by atoms with E-state index in [1.165, 1.54) is 12.7 Å². The third kappa shape index (κ3) is 4.97. The maximum Gasteiger partial charge on any atom is 0.224 e. The zero-order valence-electron chi connectivity index (χ0n) is 10.3. The molecule has 0 saturated carbocycles. The number of ether oxygens (including phenoxy) is 1. The molecule has 0 aliphatic heterocycles. The molecule has 1 aromatic carbocycles. The molecule has 1 amide bonds. The number of aryl methyl sites for hydroxylation is 1. The Balaban J connectivity index is 2.46. The van der Waals surface area contributed by atoms with Crippen molar-refractivity contribution >= 4 is 5.91 Å². The highest BCUT2D eigenvalue weighted by Crippen LogP contribution is 2.03. The molecular weight excluding hydrogens is 218 g/mol. The van der Waals surface area contributed by atoms with Gasteiger partial charge in [0.15, 0.2) is 0 Å². The normalized spacial score (nSPS) is 12.2. The Bertz CT molecular complexity index is 348. The summed E-state index contributed by atoms with van der Waals surface area (Å²) in [5, 5.41) is 11.7. The number of carbonyl (C=O) groups is 1. The number of amides is 1. The lowest BCUT2D eigenvalue weighted by atomic mass is 10.1. The molecule has 0 aliphatic rings. The van der Waals surface area contributed by atoms with E-state index in [1.807, 2.05) is 31.2 Å². The minimum Gasteiger partial charge on any atom is -0.394 e. The van der Waals surface area contributed by atoms with Gasteiger partial charge in [-0.2, -0.15) is 0 Å². The van der Waals surface area contributed by atoms with Crippen LogP contribution in [0.2, 0.25) is 0 Å².